The lowest BCUT2D eigenvalue weighted by molar-refractivity contribution is 0.166. The molecular formula is C17H18ClNO4S. The van der Waals surface area contributed by atoms with E-state index in [0.29, 0.717) is 28.4 Å². The molecule has 24 heavy (non-hydrogen) atoms. The highest BCUT2D eigenvalue weighted by Crippen LogP contribution is 2.39. The number of fused-ring (bicyclic) bond motifs is 1. The van der Waals surface area contributed by atoms with E-state index in [2.05, 4.69) is 0 Å². The molecule has 1 unspecified atom stereocenters. The quantitative estimate of drug-likeness (QED) is 0.903. The maximum absolute atomic E-state index is 13.0. The number of anilines is 1. The average molecular weight is 368 g/mol. The van der Waals surface area contributed by atoms with E-state index in [1.807, 2.05) is 6.92 Å². The van der Waals surface area contributed by atoms with Crippen molar-refractivity contribution >= 4 is 27.3 Å². The molecule has 1 aliphatic heterocycles. The fraction of sp³-hybridized carbons (Fsp3) is 0.294. The van der Waals surface area contributed by atoms with Crippen LogP contribution in [0.15, 0.2) is 41.3 Å². The number of hydrogen-bond donors (Lipinski definition) is 1. The molecule has 1 heterocycles. The maximum Gasteiger partial charge on any atom is 0.264 e. The molecule has 2 aromatic rings. The first-order valence-corrected chi connectivity index (χ1v) is 9.31. The third-order valence-electron chi connectivity index (χ3n) is 4.20. The fourth-order valence-electron chi connectivity index (χ4n) is 2.78. The van der Waals surface area contributed by atoms with Gasteiger partial charge in [-0.2, -0.15) is 0 Å². The third-order valence-corrected chi connectivity index (χ3v) is 6.42. The summed E-state index contributed by atoms with van der Waals surface area (Å²) < 4.78 is 32.5. The molecule has 0 aromatic heterocycles. The molecule has 7 heteroatoms. The SMILES string of the molecule is COc1ccc2c(c1)C(O)CCN2S(=O)(=O)c1ccc(C)c(Cl)c1. The van der Waals surface area contributed by atoms with E-state index in [-0.39, 0.29) is 11.4 Å². The predicted molar refractivity (Wildman–Crippen MR) is 93.3 cm³/mol. The Hall–Kier alpha value is -1.76. The lowest BCUT2D eigenvalue weighted by atomic mass is 10.0. The van der Waals surface area contributed by atoms with Crippen LogP contribution in [0, 0.1) is 6.92 Å². The summed E-state index contributed by atoms with van der Waals surface area (Å²) >= 11 is 6.08. The van der Waals surface area contributed by atoms with Crippen molar-refractivity contribution in [3.63, 3.8) is 0 Å². The van der Waals surface area contributed by atoms with Crippen LogP contribution in [-0.4, -0.2) is 27.2 Å². The van der Waals surface area contributed by atoms with Gasteiger partial charge in [-0.05, 0) is 49.2 Å². The van der Waals surface area contributed by atoms with Gasteiger partial charge in [0.2, 0.25) is 0 Å². The van der Waals surface area contributed by atoms with Gasteiger partial charge in [0.15, 0.2) is 0 Å². The third kappa shape index (κ3) is 2.85. The van der Waals surface area contributed by atoms with Crippen molar-refractivity contribution in [3.05, 3.63) is 52.5 Å². The highest BCUT2D eigenvalue weighted by atomic mass is 35.5. The number of halogens is 1. The zero-order chi connectivity index (χ0) is 17.5. The van der Waals surface area contributed by atoms with Crippen LogP contribution in [0.5, 0.6) is 5.75 Å². The number of nitrogens with zero attached hydrogens (tertiary/aromatic N) is 1. The summed E-state index contributed by atoms with van der Waals surface area (Å²) in [6.45, 7) is 2.02. The fourth-order valence-corrected chi connectivity index (χ4v) is 4.56. The smallest absolute Gasteiger partial charge is 0.264 e. The van der Waals surface area contributed by atoms with Gasteiger partial charge in [-0.25, -0.2) is 8.42 Å². The number of aliphatic hydroxyl groups excluding tert-OH is 1. The zero-order valence-corrected chi connectivity index (χ0v) is 14.9. The molecule has 128 valence electrons. The lowest BCUT2D eigenvalue weighted by Gasteiger charge is -2.33. The number of ether oxygens (including phenoxy) is 1. The van der Waals surface area contributed by atoms with E-state index in [0.717, 1.165) is 5.56 Å². The van der Waals surface area contributed by atoms with Crippen molar-refractivity contribution in [2.75, 3.05) is 18.0 Å². The Labute approximate surface area is 146 Å². The first kappa shape index (κ1) is 17.1. The number of rotatable bonds is 3. The minimum Gasteiger partial charge on any atom is -0.497 e. The van der Waals surface area contributed by atoms with Crippen LogP contribution < -0.4 is 9.04 Å². The van der Waals surface area contributed by atoms with Crippen molar-refractivity contribution in [1.82, 2.24) is 0 Å². The Balaban J connectivity index is 2.10. The summed E-state index contributed by atoms with van der Waals surface area (Å²) in [6, 6.07) is 9.70. The summed E-state index contributed by atoms with van der Waals surface area (Å²) in [5.41, 5.74) is 1.82. The normalized spacial score (nSPS) is 17.5. The van der Waals surface area contributed by atoms with Gasteiger partial charge in [0.1, 0.15) is 5.75 Å². The molecule has 0 spiro atoms. The predicted octanol–water partition coefficient (Wildman–Crippen LogP) is 3.29. The first-order valence-electron chi connectivity index (χ1n) is 7.49. The molecule has 1 N–H and O–H groups in total. The Morgan fingerprint density at radius 1 is 1.25 bits per heavy atom. The van der Waals surface area contributed by atoms with Crippen molar-refractivity contribution in [1.29, 1.82) is 0 Å². The number of methoxy groups -OCH3 is 1. The number of aryl methyl sites for hydroxylation is 1. The average Bonchev–Trinajstić information content (AvgIpc) is 2.57. The minimum absolute atomic E-state index is 0.135. The zero-order valence-electron chi connectivity index (χ0n) is 13.4. The Bertz CT molecular complexity index is 882. The standard InChI is InChI=1S/C17H18ClNO4S/c1-11-3-5-13(10-15(11)18)24(21,22)19-8-7-17(20)14-9-12(23-2)4-6-16(14)19/h3-6,9-10,17,20H,7-8H2,1-2H3. The van der Waals surface area contributed by atoms with E-state index in [1.54, 1.807) is 30.3 Å². The van der Waals surface area contributed by atoms with Crippen LogP contribution in [-0.2, 0) is 10.0 Å². The van der Waals surface area contributed by atoms with Gasteiger partial charge in [0.05, 0.1) is 23.8 Å². The van der Waals surface area contributed by atoms with Crippen LogP contribution in [0.1, 0.15) is 23.7 Å². The number of hydrogen-bond acceptors (Lipinski definition) is 4. The molecule has 5 nitrogen and oxygen atoms in total. The molecule has 0 fully saturated rings. The molecule has 0 radical (unpaired) electrons. The van der Waals surface area contributed by atoms with Gasteiger partial charge >= 0.3 is 0 Å². The van der Waals surface area contributed by atoms with Crippen molar-refractivity contribution < 1.29 is 18.3 Å². The summed E-state index contributed by atoms with van der Waals surface area (Å²) in [6.07, 6.45) is -0.401. The van der Waals surface area contributed by atoms with Crippen LogP contribution in [0.25, 0.3) is 0 Å². The number of aliphatic hydroxyl groups is 1. The van der Waals surface area contributed by atoms with Gasteiger partial charge in [-0.3, -0.25) is 4.31 Å². The van der Waals surface area contributed by atoms with Crippen LogP contribution in [0.4, 0.5) is 5.69 Å². The summed E-state index contributed by atoms with van der Waals surface area (Å²) in [4.78, 5) is 0.135. The largest absolute Gasteiger partial charge is 0.497 e. The molecule has 1 atom stereocenters. The molecule has 0 amide bonds. The van der Waals surface area contributed by atoms with Gasteiger partial charge in [-0.15, -0.1) is 0 Å². The van der Waals surface area contributed by atoms with Gasteiger partial charge < -0.3 is 9.84 Å². The van der Waals surface area contributed by atoms with Gasteiger partial charge in [0, 0.05) is 17.1 Å². The van der Waals surface area contributed by atoms with Crippen molar-refractivity contribution in [2.45, 2.75) is 24.3 Å². The number of benzene rings is 2. The van der Waals surface area contributed by atoms with E-state index in [4.69, 9.17) is 16.3 Å². The van der Waals surface area contributed by atoms with Gasteiger partial charge in [0.25, 0.3) is 10.0 Å². The maximum atomic E-state index is 13.0. The summed E-state index contributed by atoms with van der Waals surface area (Å²) in [7, 11) is -2.23. The van der Waals surface area contributed by atoms with Crippen LogP contribution in [0.2, 0.25) is 5.02 Å². The topological polar surface area (TPSA) is 66.8 Å². The minimum atomic E-state index is -3.76. The van der Waals surface area contributed by atoms with E-state index < -0.39 is 16.1 Å². The highest BCUT2D eigenvalue weighted by molar-refractivity contribution is 7.92. The Morgan fingerprint density at radius 3 is 2.67 bits per heavy atom. The lowest BCUT2D eigenvalue weighted by Crippen LogP contribution is -2.36. The Morgan fingerprint density at radius 2 is 2.00 bits per heavy atom. The highest BCUT2D eigenvalue weighted by Gasteiger charge is 2.33. The Kier molecular flexibility index (Phi) is 4.46. The molecule has 3 rings (SSSR count). The monoisotopic (exact) mass is 367 g/mol. The molecule has 2 aromatic carbocycles. The van der Waals surface area contributed by atoms with E-state index >= 15 is 0 Å². The first-order chi connectivity index (χ1) is 11.3. The van der Waals surface area contributed by atoms with Crippen LogP contribution in [0.3, 0.4) is 0 Å². The summed E-state index contributed by atoms with van der Waals surface area (Å²) in [5.74, 6) is 0.574. The molecule has 1 aliphatic rings. The molecule has 0 saturated heterocycles. The molecule has 0 aliphatic carbocycles. The van der Waals surface area contributed by atoms with Crippen molar-refractivity contribution in [3.8, 4) is 5.75 Å². The van der Waals surface area contributed by atoms with E-state index in [9.17, 15) is 13.5 Å². The molecule has 0 saturated carbocycles. The summed E-state index contributed by atoms with van der Waals surface area (Å²) in [5, 5.41) is 10.6. The van der Waals surface area contributed by atoms with Crippen LogP contribution >= 0.6 is 11.6 Å². The van der Waals surface area contributed by atoms with Crippen molar-refractivity contribution in [2.24, 2.45) is 0 Å². The second-order valence-electron chi connectivity index (χ2n) is 5.72. The molecule has 0 bridgehead atoms. The molecular weight excluding hydrogens is 350 g/mol. The van der Waals surface area contributed by atoms with Gasteiger partial charge in [-0.1, -0.05) is 17.7 Å². The van der Waals surface area contributed by atoms with E-state index in [1.165, 1.54) is 17.5 Å². The number of sulfonamides is 1. The second kappa shape index (κ2) is 6.27. The second-order valence-corrected chi connectivity index (χ2v) is 7.99.